The highest BCUT2D eigenvalue weighted by Gasteiger charge is 2.32. The molecule has 0 saturated heterocycles. The Morgan fingerprint density at radius 1 is 1.38 bits per heavy atom. The summed E-state index contributed by atoms with van der Waals surface area (Å²) in [5.74, 6) is 0.904. The molecule has 24 heavy (non-hydrogen) atoms. The van der Waals surface area contributed by atoms with Gasteiger partial charge < -0.3 is 14.1 Å². The molecule has 7 nitrogen and oxygen atoms in total. The van der Waals surface area contributed by atoms with Gasteiger partial charge in [-0.2, -0.15) is 5.10 Å². The van der Waals surface area contributed by atoms with Crippen LogP contribution in [-0.2, 0) is 17.8 Å². The van der Waals surface area contributed by atoms with Crippen molar-refractivity contribution < 1.29 is 13.9 Å². The van der Waals surface area contributed by atoms with Gasteiger partial charge >= 0.3 is 0 Å². The number of fused-ring (bicyclic) bond motifs is 1. The van der Waals surface area contributed by atoms with Gasteiger partial charge in [0.2, 0.25) is 5.76 Å². The second-order valence-electron chi connectivity index (χ2n) is 6.67. The molecule has 1 saturated carbocycles. The molecule has 3 heterocycles. The Labute approximate surface area is 140 Å². The zero-order valence-electron chi connectivity index (χ0n) is 13.9. The topological polar surface area (TPSA) is 73.4 Å². The number of amides is 1. The highest BCUT2D eigenvalue weighted by atomic mass is 16.5. The number of carbonyl (C=O) groups excluding carboxylic acids is 1. The molecule has 0 spiro atoms. The summed E-state index contributed by atoms with van der Waals surface area (Å²) in [6, 6.07) is 1.98. The van der Waals surface area contributed by atoms with Gasteiger partial charge in [-0.3, -0.25) is 9.48 Å². The number of nitrogens with zero attached hydrogens (tertiary/aromatic N) is 4. The summed E-state index contributed by atoms with van der Waals surface area (Å²) in [7, 11) is 0. The first kappa shape index (κ1) is 15.4. The first-order chi connectivity index (χ1) is 11.7. The summed E-state index contributed by atoms with van der Waals surface area (Å²) in [6.45, 7) is 4.44. The van der Waals surface area contributed by atoms with Crippen LogP contribution in [0.1, 0.15) is 41.2 Å². The molecule has 0 radical (unpaired) electrons. The Morgan fingerprint density at radius 3 is 3.00 bits per heavy atom. The Kier molecular flexibility index (Phi) is 4.10. The third-order valence-electron chi connectivity index (χ3n) is 4.81. The zero-order valence-corrected chi connectivity index (χ0v) is 13.9. The first-order valence-electron chi connectivity index (χ1n) is 8.52. The van der Waals surface area contributed by atoms with Crippen LogP contribution in [0.25, 0.3) is 0 Å². The zero-order chi connectivity index (χ0) is 16.5. The fraction of sp³-hybridized carbons (Fsp3) is 0.588. The van der Waals surface area contributed by atoms with Crippen LogP contribution in [0.5, 0.6) is 0 Å². The largest absolute Gasteiger partial charge is 0.438 e. The lowest BCUT2D eigenvalue weighted by Crippen LogP contribution is -2.42. The third-order valence-corrected chi connectivity index (χ3v) is 4.81. The summed E-state index contributed by atoms with van der Waals surface area (Å²) in [5.41, 5.74) is 1.65. The van der Waals surface area contributed by atoms with Gasteiger partial charge in [0.25, 0.3) is 5.91 Å². The van der Waals surface area contributed by atoms with Crippen LogP contribution < -0.4 is 0 Å². The van der Waals surface area contributed by atoms with E-state index in [0.717, 1.165) is 25.3 Å². The molecule has 2 aromatic rings. The van der Waals surface area contributed by atoms with Crippen molar-refractivity contribution in [3.63, 3.8) is 0 Å². The molecular formula is C17H22N4O3. The molecule has 2 aromatic heterocycles. The maximum absolute atomic E-state index is 13.0. The summed E-state index contributed by atoms with van der Waals surface area (Å²) in [4.78, 5) is 18.9. The summed E-state index contributed by atoms with van der Waals surface area (Å²) in [6.07, 6.45) is 6.45. The number of hydrogen-bond donors (Lipinski definition) is 0. The van der Waals surface area contributed by atoms with Crippen molar-refractivity contribution in [2.75, 3.05) is 13.2 Å². The minimum atomic E-state index is -0.125. The van der Waals surface area contributed by atoms with Crippen molar-refractivity contribution in [3.8, 4) is 0 Å². The van der Waals surface area contributed by atoms with Gasteiger partial charge in [0.05, 0.1) is 30.6 Å². The number of rotatable bonds is 5. The molecule has 1 unspecified atom stereocenters. The molecule has 1 fully saturated rings. The van der Waals surface area contributed by atoms with Crippen LogP contribution in [0.3, 0.4) is 0 Å². The van der Waals surface area contributed by atoms with Crippen LogP contribution >= 0.6 is 0 Å². The van der Waals surface area contributed by atoms with E-state index in [4.69, 9.17) is 9.15 Å². The average molecular weight is 330 g/mol. The molecule has 128 valence electrons. The van der Waals surface area contributed by atoms with Crippen molar-refractivity contribution in [3.05, 3.63) is 35.8 Å². The predicted octanol–water partition coefficient (Wildman–Crippen LogP) is 2.02. The molecular weight excluding hydrogens is 308 g/mol. The highest BCUT2D eigenvalue weighted by Crippen LogP contribution is 2.29. The summed E-state index contributed by atoms with van der Waals surface area (Å²) >= 11 is 0. The number of hydrogen-bond acceptors (Lipinski definition) is 5. The maximum atomic E-state index is 13.0. The van der Waals surface area contributed by atoms with Gasteiger partial charge in [0.15, 0.2) is 6.39 Å². The van der Waals surface area contributed by atoms with E-state index in [-0.39, 0.29) is 11.9 Å². The Hall–Kier alpha value is -2.15. The van der Waals surface area contributed by atoms with Crippen LogP contribution in [-0.4, -0.2) is 44.8 Å². The van der Waals surface area contributed by atoms with Crippen molar-refractivity contribution in [2.45, 2.75) is 45.3 Å². The average Bonchev–Trinajstić information content (AvgIpc) is 3.19. The van der Waals surface area contributed by atoms with Gasteiger partial charge in [-0.1, -0.05) is 0 Å². The molecule has 7 heteroatoms. The number of oxazole rings is 1. The first-order valence-corrected chi connectivity index (χ1v) is 8.52. The minimum Gasteiger partial charge on any atom is -0.438 e. The lowest BCUT2D eigenvalue weighted by Gasteiger charge is -2.29. The molecule has 1 amide bonds. The van der Waals surface area contributed by atoms with Gasteiger partial charge in [-0.25, -0.2) is 4.98 Å². The van der Waals surface area contributed by atoms with E-state index in [2.05, 4.69) is 10.1 Å². The fourth-order valence-electron chi connectivity index (χ4n) is 3.13. The van der Waals surface area contributed by atoms with Crippen molar-refractivity contribution >= 4 is 5.91 Å². The molecule has 4 rings (SSSR count). The second kappa shape index (κ2) is 6.39. The molecule has 2 aliphatic rings. The SMILES string of the molecule is Cc1ncoc1C(=O)N1Cc2ccnn2CCC1COCC1CC1. The number of carbonyl (C=O) groups is 1. The van der Waals surface area contributed by atoms with E-state index in [9.17, 15) is 4.79 Å². The number of aryl methyl sites for hydroxylation is 2. The number of ether oxygens (including phenoxy) is 1. The van der Waals surface area contributed by atoms with Gasteiger partial charge in [-0.05, 0) is 38.2 Å². The quantitative estimate of drug-likeness (QED) is 0.838. The van der Waals surface area contributed by atoms with Crippen LogP contribution in [0, 0.1) is 12.8 Å². The van der Waals surface area contributed by atoms with E-state index >= 15 is 0 Å². The molecule has 0 bridgehead atoms. The predicted molar refractivity (Wildman–Crippen MR) is 85.3 cm³/mol. The molecule has 0 N–H and O–H groups in total. The molecule has 1 aliphatic carbocycles. The smallest absolute Gasteiger partial charge is 0.292 e. The summed E-state index contributed by atoms with van der Waals surface area (Å²) in [5, 5.41) is 4.35. The minimum absolute atomic E-state index is 0.0162. The van der Waals surface area contributed by atoms with Crippen LogP contribution in [0.2, 0.25) is 0 Å². The van der Waals surface area contributed by atoms with Gasteiger partial charge in [0, 0.05) is 19.3 Å². The normalized spacial score (nSPS) is 20.7. The summed E-state index contributed by atoms with van der Waals surface area (Å²) < 4.78 is 13.2. The maximum Gasteiger partial charge on any atom is 0.292 e. The highest BCUT2D eigenvalue weighted by molar-refractivity contribution is 5.92. The van der Waals surface area contributed by atoms with Crippen molar-refractivity contribution in [2.24, 2.45) is 5.92 Å². The van der Waals surface area contributed by atoms with Crippen molar-refractivity contribution in [1.29, 1.82) is 0 Å². The Bertz CT molecular complexity index is 719. The van der Waals surface area contributed by atoms with Crippen LogP contribution in [0.15, 0.2) is 23.1 Å². The van der Waals surface area contributed by atoms with E-state index in [0.29, 0.717) is 30.5 Å². The monoisotopic (exact) mass is 330 g/mol. The second-order valence-corrected chi connectivity index (χ2v) is 6.67. The van der Waals surface area contributed by atoms with E-state index < -0.39 is 0 Å². The van der Waals surface area contributed by atoms with Crippen LogP contribution in [0.4, 0.5) is 0 Å². The number of aromatic nitrogens is 3. The fourth-order valence-corrected chi connectivity index (χ4v) is 3.13. The van der Waals surface area contributed by atoms with E-state index in [1.165, 1.54) is 19.2 Å². The lowest BCUT2D eigenvalue weighted by molar-refractivity contribution is 0.0348. The molecule has 1 atom stereocenters. The molecule has 0 aromatic carbocycles. The molecule has 1 aliphatic heterocycles. The lowest BCUT2D eigenvalue weighted by atomic mass is 10.1. The standard InChI is InChI=1S/C17H22N4O3/c1-12-16(24-11-18-12)17(22)20-8-14-4-6-19-21(14)7-5-15(20)10-23-9-13-2-3-13/h4,6,11,13,15H,2-3,5,7-10H2,1H3. The van der Waals surface area contributed by atoms with Crippen molar-refractivity contribution in [1.82, 2.24) is 19.7 Å². The Morgan fingerprint density at radius 2 is 2.25 bits per heavy atom. The van der Waals surface area contributed by atoms with Gasteiger partial charge in [0.1, 0.15) is 0 Å². The van der Waals surface area contributed by atoms with Gasteiger partial charge in [-0.15, -0.1) is 0 Å². The Balaban J connectivity index is 1.54. The third kappa shape index (κ3) is 3.08. The van der Waals surface area contributed by atoms with E-state index in [1.54, 1.807) is 13.1 Å². The van der Waals surface area contributed by atoms with E-state index in [1.807, 2.05) is 15.6 Å².